The van der Waals surface area contributed by atoms with Crippen molar-refractivity contribution in [1.82, 2.24) is 4.90 Å². The monoisotopic (exact) mass is 322 g/mol. The highest BCUT2D eigenvalue weighted by atomic mass is 16.6. The first-order chi connectivity index (χ1) is 11.0. The molecule has 2 N–H and O–H groups in total. The normalized spacial score (nSPS) is 15.2. The highest BCUT2D eigenvalue weighted by molar-refractivity contribution is 5.86. The average molecular weight is 322 g/mol. The molecule has 1 heterocycles. The van der Waals surface area contributed by atoms with E-state index in [2.05, 4.69) is 10.2 Å². The van der Waals surface area contributed by atoms with E-state index in [9.17, 15) is 14.9 Å². The van der Waals surface area contributed by atoms with Crippen molar-refractivity contribution >= 4 is 23.2 Å². The molecule has 0 atom stereocenters. The molecule has 8 nitrogen and oxygen atoms in total. The van der Waals surface area contributed by atoms with E-state index in [4.69, 9.17) is 5.11 Å². The van der Waals surface area contributed by atoms with Crippen molar-refractivity contribution in [2.45, 2.75) is 19.3 Å². The van der Waals surface area contributed by atoms with Crippen molar-refractivity contribution in [1.29, 1.82) is 0 Å². The fraction of sp³-hybridized carbons (Fsp3) is 0.533. The van der Waals surface area contributed by atoms with Gasteiger partial charge in [-0.2, -0.15) is 0 Å². The van der Waals surface area contributed by atoms with Crippen LogP contribution < -0.4 is 10.2 Å². The van der Waals surface area contributed by atoms with Gasteiger partial charge in [-0.1, -0.05) is 6.42 Å². The molecule has 8 heteroatoms. The van der Waals surface area contributed by atoms with E-state index < -0.39 is 11.0 Å². The van der Waals surface area contributed by atoms with Crippen LogP contribution in [-0.2, 0) is 0 Å². The van der Waals surface area contributed by atoms with Gasteiger partial charge in [-0.25, -0.2) is 4.79 Å². The van der Waals surface area contributed by atoms with Crippen molar-refractivity contribution in [3.05, 3.63) is 28.3 Å². The number of amides is 1. The SMILES string of the molecule is CN(C(=O)O)c1ccc(NCCN2CCCCC2)c([N+](=O)[O-])c1. The van der Waals surface area contributed by atoms with Crippen LogP contribution in [0.4, 0.5) is 21.9 Å². The molecule has 0 radical (unpaired) electrons. The number of piperidine rings is 1. The molecule has 0 spiro atoms. The number of nitrogens with one attached hydrogen (secondary N) is 1. The molecule has 1 aromatic carbocycles. The first-order valence-corrected chi connectivity index (χ1v) is 7.70. The molecule has 1 fully saturated rings. The molecule has 0 aliphatic carbocycles. The minimum atomic E-state index is -1.16. The van der Waals surface area contributed by atoms with E-state index in [-0.39, 0.29) is 11.4 Å². The molecule has 0 aromatic heterocycles. The highest BCUT2D eigenvalue weighted by Gasteiger charge is 2.18. The van der Waals surface area contributed by atoms with Crippen LogP contribution in [-0.4, -0.2) is 54.2 Å². The first kappa shape index (κ1) is 17.0. The molecule has 1 aliphatic heterocycles. The van der Waals surface area contributed by atoms with Crippen LogP contribution in [0.2, 0.25) is 0 Å². The van der Waals surface area contributed by atoms with Crippen molar-refractivity contribution < 1.29 is 14.8 Å². The number of hydrogen-bond acceptors (Lipinski definition) is 5. The Bertz CT molecular complexity index is 573. The second-order valence-electron chi connectivity index (χ2n) is 5.63. The predicted molar refractivity (Wildman–Crippen MR) is 88.3 cm³/mol. The topological polar surface area (TPSA) is 99.0 Å². The Morgan fingerprint density at radius 3 is 2.70 bits per heavy atom. The Kier molecular flexibility index (Phi) is 5.75. The summed E-state index contributed by atoms with van der Waals surface area (Å²) in [5, 5.41) is 23.3. The van der Waals surface area contributed by atoms with Gasteiger partial charge in [0.05, 0.1) is 10.6 Å². The molecule has 0 bridgehead atoms. The fourth-order valence-electron chi connectivity index (χ4n) is 2.67. The van der Waals surface area contributed by atoms with Crippen molar-refractivity contribution in [2.75, 3.05) is 43.4 Å². The third-order valence-corrected chi connectivity index (χ3v) is 4.04. The summed E-state index contributed by atoms with van der Waals surface area (Å²) in [6.45, 7) is 3.61. The van der Waals surface area contributed by atoms with Crippen molar-refractivity contribution in [3.8, 4) is 0 Å². The standard InChI is InChI=1S/C15H22N4O4/c1-17(15(20)21)12-5-6-13(14(11-12)19(22)23)16-7-10-18-8-3-2-4-9-18/h5-6,11,16H,2-4,7-10H2,1H3,(H,20,21). The number of carboxylic acid groups (broad SMARTS) is 1. The number of carbonyl (C=O) groups is 1. The number of benzene rings is 1. The predicted octanol–water partition coefficient (Wildman–Crippen LogP) is 2.61. The third-order valence-electron chi connectivity index (χ3n) is 4.04. The van der Waals surface area contributed by atoms with Crippen LogP contribution in [0.3, 0.4) is 0 Å². The molecular weight excluding hydrogens is 300 g/mol. The van der Waals surface area contributed by atoms with E-state index in [1.165, 1.54) is 32.4 Å². The van der Waals surface area contributed by atoms with Crippen molar-refractivity contribution in [2.24, 2.45) is 0 Å². The van der Waals surface area contributed by atoms with E-state index in [0.717, 1.165) is 24.5 Å². The Morgan fingerprint density at radius 2 is 2.09 bits per heavy atom. The Balaban J connectivity index is 2.02. The summed E-state index contributed by atoms with van der Waals surface area (Å²) >= 11 is 0. The lowest BCUT2D eigenvalue weighted by Gasteiger charge is -2.26. The molecule has 1 aliphatic rings. The number of hydrogen-bond donors (Lipinski definition) is 2. The zero-order chi connectivity index (χ0) is 16.8. The maximum absolute atomic E-state index is 11.2. The van der Waals surface area contributed by atoms with E-state index in [0.29, 0.717) is 12.2 Å². The summed E-state index contributed by atoms with van der Waals surface area (Å²) in [7, 11) is 1.35. The minimum Gasteiger partial charge on any atom is -0.465 e. The number of anilines is 2. The fourth-order valence-corrected chi connectivity index (χ4v) is 2.67. The number of nitro benzene ring substituents is 1. The number of rotatable bonds is 6. The van der Waals surface area contributed by atoms with Gasteiger partial charge in [0.1, 0.15) is 5.69 Å². The van der Waals surface area contributed by atoms with Crippen LogP contribution >= 0.6 is 0 Å². The number of likely N-dealkylation sites (tertiary alicyclic amines) is 1. The lowest BCUT2D eigenvalue weighted by molar-refractivity contribution is -0.383. The molecule has 23 heavy (non-hydrogen) atoms. The summed E-state index contributed by atoms with van der Waals surface area (Å²) in [4.78, 5) is 25.0. The molecule has 126 valence electrons. The number of nitro groups is 1. The van der Waals surface area contributed by atoms with Crippen LogP contribution in [0.1, 0.15) is 19.3 Å². The quantitative estimate of drug-likeness (QED) is 0.617. The van der Waals surface area contributed by atoms with Crippen LogP contribution in [0.25, 0.3) is 0 Å². The first-order valence-electron chi connectivity index (χ1n) is 7.70. The summed E-state index contributed by atoms with van der Waals surface area (Å²) in [5.74, 6) is 0. The van der Waals surface area contributed by atoms with Crippen LogP contribution in [0, 0.1) is 10.1 Å². The molecule has 0 saturated carbocycles. The van der Waals surface area contributed by atoms with Gasteiger partial charge in [0, 0.05) is 26.2 Å². The smallest absolute Gasteiger partial charge is 0.411 e. The Labute approximate surface area is 134 Å². The van der Waals surface area contributed by atoms with Gasteiger partial charge in [0.15, 0.2) is 0 Å². The summed E-state index contributed by atoms with van der Waals surface area (Å²) in [6, 6.07) is 4.39. The molecule has 1 aromatic rings. The molecular formula is C15H22N4O4. The maximum atomic E-state index is 11.2. The second kappa shape index (κ2) is 7.77. The average Bonchev–Trinajstić information content (AvgIpc) is 2.55. The van der Waals surface area contributed by atoms with E-state index in [1.807, 2.05) is 0 Å². The largest absolute Gasteiger partial charge is 0.465 e. The molecule has 2 rings (SSSR count). The van der Waals surface area contributed by atoms with Gasteiger partial charge >= 0.3 is 6.09 Å². The second-order valence-corrected chi connectivity index (χ2v) is 5.63. The lowest BCUT2D eigenvalue weighted by Crippen LogP contribution is -2.33. The highest BCUT2D eigenvalue weighted by Crippen LogP contribution is 2.29. The Hall–Kier alpha value is -2.35. The van der Waals surface area contributed by atoms with Crippen LogP contribution in [0.15, 0.2) is 18.2 Å². The van der Waals surface area contributed by atoms with Gasteiger partial charge < -0.3 is 15.3 Å². The van der Waals surface area contributed by atoms with Gasteiger partial charge in [-0.15, -0.1) is 0 Å². The van der Waals surface area contributed by atoms with Crippen LogP contribution in [0.5, 0.6) is 0 Å². The van der Waals surface area contributed by atoms with E-state index >= 15 is 0 Å². The number of nitrogens with zero attached hydrogens (tertiary/aromatic N) is 3. The van der Waals surface area contributed by atoms with Crippen molar-refractivity contribution in [3.63, 3.8) is 0 Å². The maximum Gasteiger partial charge on any atom is 0.411 e. The molecule has 1 amide bonds. The zero-order valence-corrected chi connectivity index (χ0v) is 13.2. The third kappa shape index (κ3) is 4.56. The van der Waals surface area contributed by atoms with Gasteiger partial charge in [0.25, 0.3) is 5.69 Å². The summed E-state index contributed by atoms with van der Waals surface area (Å²) in [5.41, 5.74) is 0.564. The molecule has 0 unspecified atom stereocenters. The van der Waals surface area contributed by atoms with E-state index in [1.54, 1.807) is 12.1 Å². The lowest BCUT2D eigenvalue weighted by atomic mass is 10.1. The Morgan fingerprint density at radius 1 is 1.39 bits per heavy atom. The summed E-state index contributed by atoms with van der Waals surface area (Å²) < 4.78 is 0. The zero-order valence-electron chi connectivity index (χ0n) is 13.2. The van der Waals surface area contributed by atoms with Gasteiger partial charge in [0.2, 0.25) is 0 Å². The summed E-state index contributed by atoms with van der Waals surface area (Å²) in [6.07, 6.45) is 2.52. The molecule has 1 saturated heterocycles. The minimum absolute atomic E-state index is 0.116. The van der Waals surface area contributed by atoms with Gasteiger partial charge in [-0.3, -0.25) is 15.0 Å². The van der Waals surface area contributed by atoms with Gasteiger partial charge in [-0.05, 0) is 38.1 Å².